The average Bonchev–Trinajstić information content (AvgIpc) is 2.81. The quantitative estimate of drug-likeness (QED) is 0.741. The molecule has 4 rings (SSSR count). The third kappa shape index (κ3) is 4.80. The van der Waals surface area contributed by atoms with Gasteiger partial charge < -0.3 is 25.0 Å². The van der Waals surface area contributed by atoms with Gasteiger partial charge in [-0.1, -0.05) is 12.1 Å². The van der Waals surface area contributed by atoms with Crippen molar-refractivity contribution >= 4 is 23.3 Å². The molecule has 1 aromatic carbocycles. The first-order chi connectivity index (χ1) is 15.0. The van der Waals surface area contributed by atoms with Crippen LogP contribution in [-0.2, 0) is 9.53 Å². The van der Waals surface area contributed by atoms with Gasteiger partial charge >= 0.3 is 0 Å². The van der Waals surface area contributed by atoms with Crippen LogP contribution in [0.5, 0.6) is 5.75 Å². The van der Waals surface area contributed by atoms with Crippen LogP contribution in [0, 0.1) is 5.92 Å². The Kier molecular flexibility index (Phi) is 6.36. The molecule has 2 aliphatic heterocycles. The van der Waals surface area contributed by atoms with Gasteiger partial charge in [-0.2, -0.15) is 0 Å². The molecule has 0 bridgehead atoms. The van der Waals surface area contributed by atoms with Gasteiger partial charge in [0.25, 0.3) is 5.91 Å². The number of carbonyl (C=O) groups is 2. The molecule has 2 aliphatic rings. The molecule has 164 valence electrons. The van der Waals surface area contributed by atoms with Gasteiger partial charge in [0.05, 0.1) is 30.9 Å². The van der Waals surface area contributed by atoms with E-state index in [2.05, 4.69) is 15.6 Å². The molecule has 2 N–H and O–H groups in total. The van der Waals surface area contributed by atoms with E-state index in [4.69, 9.17) is 9.47 Å². The molecule has 0 saturated carbocycles. The summed E-state index contributed by atoms with van der Waals surface area (Å²) in [4.78, 5) is 31.7. The first-order valence-electron chi connectivity index (χ1n) is 10.6. The van der Waals surface area contributed by atoms with Gasteiger partial charge in [-0.05, 0) is 49.4 Å². The fraction of sp³-hybridized carbons (Fsp3) is 0.435. The Morgan fingerprint density at radius 1 is 1.32 bits per heavy atom. The van der Waals surface area contributed by atoms with E-state index in [1.807, 2.05) is 31.2 Å². The Morgan fingerprint density at radius 3 is 2.77 bits per heavy atom. The SMILES string of the molecule is COc1ccc([C@@H](C)NC(=O)c2cnc3c(c2)N(CC2CCOCC2)C(=O)CN3)cc1. The van der Waals surface area contributed by atoms with Gasteiger partial charge in [-0.15, -0.1) is 0 Å². The van der Waals surface area contributed by atoms with Crippen LogP contribution in [0.4, 0.5) is 11.5 Å². The van der Waals surface area contributed by atoms with E-state index in [1.165, 1.54) is 0 Å². The van der Waals surface area contributed by atoms with Crippen LogP contribution in [0.25, 0.3) is 0 Å². The summed E-state index contributed by atoms with van der Waals surface area (Å²) in [6, 6.07) is 9.14. The first-order valence-corrected chi connectivity index (χ1v) is 10.6. The zero-order chi connectivity index (χ0) is 21.8. The number of pyridine rings is 1. The van der Waals surface area contributed by atoms with Crippen molar-refractivity contribution in [1.82, 2.24) is 10.3 Å². The summed E-state index contributed by atoms with van der Waals surface area (Å²) >= 11 is 0. The van der Waals surface area contributed by atoms with E-state index < -0.39 is 0 Å². The predicted octanol–water partition coefficient (Wildman–Crippen LogP) is 2.77. The minimum absolute atomic E-state index is 0.00930. The molecular weight excluding hydrogens is 396 g/mol. The summed E-state index contributed by atoms with van der Waals surface area (Å²) in [6.45, 7) is 4.20. The average molecular weight is 425 g/mol. The third-order valence-electron chi connectivity index (χ3n) is 5.87. The van der Waals surface area contributed by atoms with Crippen LogP contribution >= 0.6 is 0 Å². The fourth-order valence-electron chi connectivity index (χ4n) is 3.95. The number of methoxy groups -OCH3 is 1. The van der Waals surface area contributed by atoms with Gasteiger partial charge in [-0.3, -0.25) is 9.59 Å². The Morgan fingerprint density at radius 2 is 2.06 bits per heavy atom. The summed E-state index contributed by atoms with van der Waals surface area (Å²) in [7, 11) is 1.62. The topological polar surface area (TPSA) is 92.8 Å². The monoisotopic (exact) mass is 424 g/mol. The molecule has 0 unspecified atom stereocenters. The highest BCUT2D eigenvalue weighted by molar-refractivity contribution is 6.04. The van der Waals surface area contributed by atoms with Crippen molar-refractivity contribution in [2.45, 2.75) is 25.8 Å². The maximum atomic E-state index is 12.9. The number of carbonyl (C=O) groups excluding carboxylic acids is 2. The molecule has 31 heavy (non-hydrogen) atoms. The minimum atomic E-state index is -0.234. The number of benzene rings is 1. The Balaban J connectivity index is 1.50. The summed E-state index contributed by atoms with van der Waals surface area (Å²) in [6.07, 6.45) is 3.41. The first kappa shape index (κ1) is 21.1. The van der Waals surface area contributed by atoms with Crippen molar-refractivity contribution < 1.29 is 19.1 Å². The van der Waals surface area contributed by atoms with E-state index in [0.717, 1.165) is 37.4 Å². The summed E-state index contributed by atoms with van der Waals surface area (Å²) in [5.41, 5.74) is 2.05. The van der Waals surface area contributed by atoms with Crippen molar-refractivity contribution in [3.63, 3.8) is 0 Å². The summed E-state index contributed by atoms with van der Waals surface area (Å²) < 4.78 is 10.6. The number of nitrogens with one attached hydrogen (secondary N) is 2. The largest absolute Gasteiger partial charge is 0.497 e. The molecule has 2 amide bonds. The highest BCUT2D eigenvalue weighted by Gasteiger charge is 2.29. The van der Waals surface area contributed by atoms with E-state index >= 15 is 0 Å². The van der Waals surface area contributed by atoms with Crippen LogP contribution in [0.1, 0.15) is 41.7 Å². The van der Waals surface area contributed by atoms with E-state index in [0.29, 0.717) is 29.5 Å². The minimum Gasteiger partial charge on any atom is -0.497 e. The van der Waals surface area contributed by atoms with Crippen LogP contribution < -0.4 is 20.3 Å². The lowest BCUT2D eigenvalue weighted by atomic mass is 9.99. The van der Waals surface area contributed by atoms with Gasteiger partial charge in [0.2, 0.25) is 5.91 Å². The molecule has 0 spiro atoms. The highest BCUT2D eigenvalue weighted by atomic mass is 16.5. The zero-order valence-electron chi connectivity index (χ0n) is 17.9. The maximum Gasteiger partial charge on any atom is 0.253 e. The molecule has 1 atom stereocenters. The number of nitrogens with zero attached hydrogens (tertiary/aromatic N) is 2. The predicted molar refractivity (Wildman–Crippen MR) is 117 cm³/mol. The Labute approximate surface area is 181 Å². The van der Waals surface area contributed by atoms with E-state index in [9.17, 15) is 9.59 Å². The second kappa shape index (κ2) is 9.34. The number of hydrogen-bond acceptors (Lipinski definition) is 6. The zero-order valence-corrected chi connectivity index (χ0v) is 17.9. The molecule has 1 fully saturated rings. The molecule has 0 radical (unpaired) electrons. The number of amides is 2. The fourth-order valence-corrected chi connectivity index (χ4v) is 3.95. The van der Waals surface area contributed by atoms with Crippen LogP contribution in [0.15, 0.2) is 36.5 Å². The van der Waals surface area contributed by atoms with Crippen LogP contribution in [-0.4, -0.2) is 50.2 Å². The van der Waals surface area contributed by atoms with Gasteiger partial charge in [0.15, 0.2) is 0 Å². The molecule has 1 saturated heterocycles. The molecule has 1 aromatic heterocycles. The van der Waals surface area contributed by atoms with Gasteiger partial charge in [0.1, 0.15) is 11.6 Å². The van der Waals surface area contributed by atoms with Crippen molar-refractivity contribution in [3.05, 3.63) is 47.7 Å². The molecule has 8 heteroatoms. The molecule has 3 heterocycles. The summed E-state index contributed by atoms with van der Waals surface area (Å²) in [5, 5.41) is 6.06. The molecule has 2 aromatic rings. The Hall–Kier alpha value is -3.13. The lowest BCUT2D eigenvalue weighted by molar-refractivity contribution is -0.117. The normalized spacial score (nSPS) is 17.5. The second-order valence-electron chi connectivity index (χ2n) is 7.97. The summed E-state index contributed by atoms with van der Waals surface area (Å²) in [5.74, 6) is 1.54. The van der Waals surface area contributed by atoms with Crippen LogP contribution in [0.3, 0.4) is 0 Å². The van der Waals surface area contributed by atoms with E-state index in [1.54, 1.807) is 24.3 Å². The van der Waals surface area contributed by atoms with Gasteiger partial charge in [0, 0.05) is 26.0 Å². The van der Waals surface area contributed by atoms with E-state index in [-0.39, 0.29) is 24.4 Å². The van der Waals surface area contributed by atoms with Crippen molar-refractivity contribution in [2.24, 2.45) is 5.92 Å². The third-order valence-corrected chi connectivity index (χ3v) is 5.87. The number of hydrogen-bond donors (Lipinski definition) is 2. The van der Waals surface area contributed by atoms with Gasteiger partial charge in [-0.25, -0.2) is 4.98 Å². The van der Waals surface area contributed by atoms with Crippen molar-refractivity contribution in [3.8, 4) is 5.75 Å². The second-order valence-corrected chi connectivity index (χ2v) is 7.97. The number of rotatable bonds is 6. The van der Waals surface area contributed by atoms with Crippen molar-refractivity contribution in [1.29, 1.82) is 0 Å². The number of anilines is 2. The molecule has 0 aliphatic carbocycles. The number of fused-ring (bicyclic) bond motifs is 1. The lowest BCUT2D eigenvalue weighted by Crippen LogP contribution is -2.44. The molecule has 8 nitrogen and oxygen atoms in total. The van der Waals surface area contributed by atoms with Crippen LogP contribution in [0.2, 0.25) is 0 Å². The maximum absolute atomic E-state index is 12.9. The Bertz CT molecular complexity index is 941. The lowest BCUT2D eigenvalue weighted by Gasteiger charge is -2.33. The number of aromatic nitrogens is 1. The smallest absolute Gasteiger partial charge is 0.253 e. The standard InChI is InChI=1S/C23H28N4O4/c1-15(17-3-5-19(30-2)6-4-17)26-23(29)18-11-20-22(24-12-18)25-13-21(28)27(20)14-16-7-9-31-10-8-16/h3-6,11-12,15-16H,7-10,13-14H2,1-2H3,(H,24,25)(H,26,29)/t15-/m1/s1. The number of ether oxygens (including phenoxy) is 2. The van der Waals surface area contributed by atoms with Crippen molar-refractivity contribution in [2.75, 3.05) is 43.6 Å². The highest BCUT2D eigenvalue weighted by Crippen LogP contribution is 2.31. The molecular formula is C23H28N4O4.